The Bertz CT molecular complexity index is 878. The molecule has 0 aliphatic rings. The first kappa shape index (κ1) is 19.6. The van der Waals surface area contributed by atoms with Crippen LogP contribution in [-0.4, -0.2) is 31.7 Å². The van der Waals surface area contributed by atoms with Gasteiger partial charge in [0.05, 0.1) is 0 Å². The predicted octanol–water partition coefficient (Wildman–Crippen LogP) is 1.80. The summed E-state index contributed by atoms with van der Waals surface area (Å²) in [5.74, 6) is -3.55. The Hall–Kier alpha value is -2.74. The summed E-state index contributed by atoms with van der Waals surface area (Å²) in [6.07, 6.45) is 0. The van der Waals surface area contributed by atoms with E-state index in [0.717, 1.165) is 23.3 Å². The number of halogens is 1. The van der Waals surface area contributed by atoms with E-state index in [-0.39, 0.29) is 12.2 Å². The molecule has 2 rings (SSSR count). The first-order valence-corrected chi connectivity index (χ1v) is 9.64. The predicted molar refractivity (Wildman–Crippen MR) is 96.7 cm³/mol. The van der Waals surface area contributed by atoms with E-state index in [1.807, 2.05) is 31.2 Å². The number of sulfone groups is 1. The molecule has 26 heavy (non-hydrogen) atoms. The van der Waals surface area contributed by atoms with Gasteiger partial charge < -0.3 is 10.6 Å². The van der Waals surface area contributed by atoms with Crippen LogP contribution in [0.1, 0.15) is 11.1 Å². The molecule has 0 saturated carbocycles. The van der Waals surface area contributed by atoms with E-state index < -0.39 is 39.0 Å². The Kier molecular flexibility index (Phi) is 6.46. The maximum absolute atomic E-state index is 12.8. The summed E-state index contributed by atoms with van der Waals surface area (Å²) in [4.78, 5) is 23.6. The van der Waals surface area contributed by atoms with E-state index in [0.29, 0.717) is 0 Å². The van der Waals surface area contributed by atoms with Gasteiger partial charge in [-0.05, 0) is 36.8 Å². The van der Waals surface area contributed by atoms with Crippen molar-refractivity contribution in [3.63, 3.8) is 0 Å². The highest BCUT2D eigenvalue weighted by atomic mass is 32.2. The lowest BCUT2D eigenvalue weighted by Crippen LogP contribution is -2.33. The molecule has 0 heterocycles. The monoisotopic (exact) mass is 378 g/mol. The molecule has 0 unspecified atom stereocenters. The Morgan fingerprint density at radius 1 is 0.923 bits per heavy atom. The number of nitrogens with one attached hydrogen (secondary N) is 2. The molecule has 0 aromatic heterocycles. The fourth-order valence-corrected chi connectivity index (χ4v) is 3.21. The van der Waals surface area contributed by atoms with Crippen LogP contribution in [-0.2, 0) is 26.0 Å². The van der Waals surface area contributed by atoms with Gasteiger partial charge in [-0.3, -0.25) is 9.59 Å². The molecule has 2 N–H and O–H groups in total. The van der Waals surface area contributed by atoms with Crippen molar-refractivity contribution in [3.8, 4) is 0 Å². The Morgan fingerprint density at radius 3 is 2.12 bits per heavy atom. The van der Waals surface area contributed by atoms with Gasteiger partial charge in [-0.1, -0.05) is 29.8 Å². The zero-order valence-electron chi connectivity index (χ0n) is 14.2. The van der Waals surface area contributed by atoms with Crippen molar-refractivity contribution >= 4 is 27.3 Å². The molecule has 8 heteroatoms. The molecule has 0 atom stereocenters. The van der Waals surface area contributed by atoms with Crippen LogP contribution >= 0.6 is 0 Å². The Balaban J connectivity index is 1.82. The second-order valence-corrected chi connectivity index (χ2v) is 7.91. The van der Waals surface area contributed by atoms with Gasteiger partial charge in [0.15, 0.2) is 9.84 Å². The van der Waals surface area contributed by atoms with E-state index in [1.54, 1.807) is 0 Å². The molecule has 0 radical (unpaired) electrons. The quantitative estimate of drug-likeness (QED) is 0.768. The number of carbonyl (C=O) groups is 2. The third-order valence-corrected chi connectivity index (χ3v) is 4.84. The van der Waals surface area contributed by atoms with E-state index in [2.05, 4.69) is 10.6 Å². The highest BCUT2D eigenvalue weighted by molar-refractivity contribution is 7.92. The fraction of sp³-hybridized carbons (Fsp3) is 0.222. The molecule has 0 aliphatic carbocycles. The summed E-state index contributed by atoms with van der Waals surface area (Å²) in [7, 11) is -3.92. The molecule has 0 aliphatic heterocycles. The number of aryl methyl sites for hydroxylation is 1. The molecule has 6 nitrogen and oxygen atoms in total. The molecule has 2 amide bonds. The van der Waals surface area contributed by atoms with E-state index in [1.165, 1.54) is 12.1 Å². The molecule has 0 fully saturated rings. The van der Waals surface area contributed by atoms with Crippen molar-refractivity contribution in [2.24, 2.45) is 0 Å². The number of hydrogen-bond acceptors (Lipinski definition) is 4. The summed E-state index contributed by atoms with van der Waals surface area (Å²) in [5.41, 5.74) is 2.20. The second kappa shape index (κ2) is 8.57. The second-order valence-electron chi connectivity index (χ2n) is 5.85. The number of rotatable bonds is 7. The van der Waals surface area contributed by atoms with Crippen molar-refractivity contribution in [1.29, 1.82) is 0 Å². The van der Waals surface area contributed by atoms with Crippen molar-refractivity contribution in [3.05, 3.63) is 65.5 Å². The van der Waals surface area contributed by atoms with Crippen LogP contribution in [0.3, 0.4) is 0 Å². The Labute approximate surface area is 151 Å². The van der Waals surface area contributed by atoms with Crippen molar-refractivity contribution < 1.29 is 22.4 Å². The molecule has 138 valence electrons. The van der Waals surface area contributed by atoms with Crippen LogP contribution in [0.5, 0.6) is 0 Å². The summed E-state index contributed by atoms with van der Waals surface area (Å²) in [5, 5.41) is 4.86. The van der Waals surface area contributed by atoms with Crippen LogP contribution in [0, 0.1) is 12.7 Å². The van der Waals surface area contributed by atoms with E-state index in [9.17, 15) is 22.4 Å². The molecule has 0 saturated heterocycles. The van der Waals surface area contributed by atoms with Gasteiger partial charge in [0.1, 0.15) is 17.3 Å². The first-order valence-electron chi connectivity index (χ1n) is 7.81. The average Bonchev–Trinajstić information content (AvgIpc) is 2.55. The van der Waals surface area contributed by atoms with Crippen LogP contribution in [0.4, 0.5) is 10.1 Å². The first-order chi connectivity index (χ1) is 12.2. The summed E-state index contributed by atoms with van der Waals surface area (Å²) < 4.78 is 36.7. The molecule has 2 aromatic rings. The number of anilines is 1. The van der Waals surface area contributed by atoms with Gasteiger partial charge in [0.2, 0.25) is 11.8 Å². The highest BCUT2D eigenvalue weighted by Crippen LogP contribution is 2.08. The molecular formula is C18H19FN2O4S. The number of hydrogen-bond donors (Lipinski definition) is 2. The minimum atomic E-state index is -3.92. The van der Waals surface area contributed by atoms with E-state index in [4.69, 9.17) is 0 Å². The van der Waals surface area contributed by atoms with Crippen molar-refractivity contribution in [2.45, 2.75) is 13.5 Å². The minimum Gasteiger partial charge on any atom is -0.351 e. The lowest BCUT2D eigenvalue weighted by atomic mass is 10.1. The Morgan fingerprint density at radius 2 is 1.50 bits per heavy atom. The van der Waals surface area contributed by atoms with Crippen LogP contribution in [0.25, 0.3) is 0 Å². The maximum Gasteiger partial charge on any atom is 0.239 e. The standard InChI is InChI=1S/C18H19FN2O4S/c1-13-2-4-14(5-3-13)10-20-17(22)11-26(24,25)12-18(23)21-16-8-6-15(19)7-9-16/h2-9H,10-12H2,1H3,(H,20,22)(H,21,23). The zero-order valence-corrected chi connectivity index (χ0v) is 15.0. The SMILES string of the molecule is Cc1ccc(CNC(=O)CS(=O)(=O)CC(=O)Nc2ccc(F)cc2)cc1. The highest BCUT2D eigenvalue weighted by Gasteiger charge is 2.20. The van der Waals surface area contributed by atoms with Crippen LogP contribution < -0.4 is 10.6 Å². The molecule has 2 aromatic carbocycles. The third kappa shape index (κ3) is 6.64. The van der Waals surface area contributed by atoms with Crippen molar-refractivity contribution in [2.75, 3.05) is 16.8 Å². The topological polar surface area (TPSA) is 92.3 Å². The van der Waals surface area contributed by atoms with Gasteiger partial charge >= 0.3 is 0 Å². The number of benzene rings is 2. The van der Waals surface area contributed by atoms with E-state index >= 15 is 0 Å². The average molecular weight is 378 g/mol. The van der Waals surface area contributed by atoms with Gasteiger partial charge in [0, 0.05) is 12.2 Å². The van der Waals surface area contributed by atoms with Crippen LogP contribution in [0.2, 0.25) is 0 Å². The van der Waals surface area contributed by atoms with Gasteiger partial charge in [0.25, 0.3) is 0 Å². The number of carbonyl (C=O) groups excluding carboxylic acids is 2. The smallest absolute Gasteiger partial charge is 0.239 e. The van der Waals surface area contributed by atoms with Gasteiger partial charge in [-0.15, -0.1) is 0 Å². The minimum absolute atomic E-state index is 0.205. The molecule has 0 bridgehead atoms. The van der Waals surface area contributed by atoms with Gasteiger partial charge in [-0.2, -0.15) is 0 Å². The third-order valence-electron chi connectivity index (χ3n) is 3.44. The lowest BCUT2D eigenvalue weighted by molar-refractivity contribution is -0.118. The molecule has 0 spiro atoms. The zero-order chi connectivity index (χ0) is 19.2. The largest absolute Gasteiger partial charge is 0.351 e. The normalized spacial score (nSPS) is 11.0. The lowest BCUT2D eigenvalue weighted by Gasteiger charge is -2.08. The van der Waals surface area contributed by atoms with Crippen LogP contribution in [0.15, 0.2) is 48.5 Å². The molecular weight excluding hydrogens is 359 g/mol. The summed E-state index contributed by atoms with van der Waals surface area (Å²) in [6.45, 7) is 2.14. The summed E-state index contributed by atoms with van der Waals surface area (Å²) in [6, 6.07) is 12.4. The number of amides is 2. The fourth-order valence-electron chi connectivity index (χ4n) is 2.14. The van der Waals surface area contributed by atoms with Gasteiger partial charge in [-0.25, -0.2) is 12.8 Å². The van der Waals surface area contributed by atoms with Crippen molar-refractivity contribution in [1.82, 2.24) is 5.32 Å². The maximum atomic E-state index is 12.8. The summed E-state index contributed by atoms with van der Waals surface area (Å²) >= 11 is 0.